The maximum atomic E-state index is 12.7. The fraction of sp³-hybridized carbons (Fsp3) is 0.667. The molecule has 0 aliphatic heterocycles. The molecule has 0 radical (unpaired) electrons. The number of hydrogen-bond donors (Lipinski definition) is 2. The van der Waals surface area contributed by atoms with Crippen LogP contribution in [0.2, 0.25) is 0 Å². The molecule has 0 saturated heterocycles. The van der Waals surface area contributed by atoms with Crippen molar-refractivity contribution in [1.29, 1.82) is 0 Å². The Labute approximate surface area is 233 Å². The number of aliphatic carboxylic acids is 1. The van der Waals surface area contributed by atoms with Gasteiger partial charge in [-0.05, 0) is 63.1 Å². The lowest BCUT2D eigenvalue weighted by Gasteiger charge is -2.24. The van der Waals surface area contributed by atoms with Crippen molar-refractivity contribution < 1.29 is 38.5 Å². The van der Waals surface area contributed by atoms with Crippen LogP contribution in [0.5, 0.6) is 11.5 Å². The van der Waals surface area contributed by atoms with Gasteiger partial charge in [-0.3, -0.25) is 19.2 Å². The predicted octanol–water partition coefficient (Wildman–Crippen LogP) is 5.03. The van der Waals surface area contributed by atoms with Crippen molar-refractivity contribution in [3.8, 4) is 11.5 Å². The highest BCUT2D eigenvalue weighted by atomic mass is 16.6. The smallest absolute Gasteiger partial charge is 0.321 e. The molecule has 1 aromatic carbocycles. The van der Waals surface area contributed by atoms with E-state index in [4.69, 9.17) is 14.2 Å². The van der Waals surface area contributed by atoms with Gasteiger partial charge < -0.3 is 24.6 Å². The predicted molar refractivity (Wildman–Crippen MR) is 148 cm³/mol. The Morgan fingerprint density at radius 3 is 1.85 bits per heavy atom. The fourth-order valence-corrected chi connectivity index (χ4v) is 3.11. The van der Waals surface area contributed by atoms with Crippen molar-refractivity contribution in [3.05, 3.63) is 23.8 Å². The number of rotatable bonds is 15. The second-order valence-corrected chi connectivity index (χ2v) is 11.6. The molecule has 2 N–H and O–H groups in total. The standard InChI is InChI=1S/C30H47NO8/c1-11-30(9,10)29(36)37-19(6)16-31-23(26(32)33)14-22-12-13-24(38-27(34)20(7)17(2)3)25(15-22)39-28(35)21(8)18(4)5/h12-13,15,17-21,23,31H,11,14,16H2,1-10H3,(H,32,33)/t19?,20?,21?,23-/m0/s1. The molecular formula is C30H47NO8. The van der Waals surface area contributed by atoms with Crippen molar-refractivity contribution in [3.63, 3.8) is 0 Å². The van der Waals surface area contributed by atoms with Gasteiger partial charge in [-0.1, -0.05) is 54.5 Å². The lowest BCUT2D eigenvalue weighted by atomic mass is 9.90. The van der Waals surface area contributed by atoms with Crippen LogP contribution in [0.3, 0.4) is 0 Å². The Hall–Kier alpha value is -2.94. The summed E-state index contributed by atoms with van der Waals surface area (Å²) in [4.78, 5) is 49.7. The first-order chi connectivity index (χ1) is 18.0. The summed E-state index contributed by atoms with van der Waals surface area (Å²) < 4.78 is 16.7. The summed E-state index contributed by atoms with van der Waals surface area (Å²) in [5.74, 6) is -2.89. The van der Waals surface area contributed by atoms with E-state index >= 15 is 0 Å². The SMILES string of the molecule is CCC(C)(C)C(=O)OC(C)CN[C@@H](Cc1ccc(OC(=O)C(C)C(C)C)c(OC(=O)C(C)C(C)C)c1)C(=O)O. The number of benzene rings is 1. The highest BCUT2D eigenvalue weighted by molar-refractivity contribution is 5.79. The van der Waals surface area contributed by atoms with Crippen molar-refractivity contribution in [2.75, 3.05) is 6.54 Å². The first-order valence-corrected chi connectivity index (χ1v) is 13.7. The van der Waals surface area contributed by atoms with Gasteiger partial charge in [0.15, 0.2) is 11.5 Å². The number of ether oxygens (including phenoxy) is 3. The average Bonchev–Trinajstić information content (AvgIpc) is 2.86. The van der Waals surface area contributed by atoms with E-state index in [9.17, 15) is 24.3 Å². The first kappa shape index (κ1) is 34.1. The molecule has 9 heteroatoms. The monoisotopic (exact) mass is 549 g/mol. The summed E-state index contributed by atoms with van der Waals surface area (Å²) in [6.07, 6.45) is 0.134. The van der Waals surface area contributed by atoms with Gasteiger partial charge in [0.2, 0.25) is 0 Å². The van der Waals surface area contributed by atoms with Crippen LogP contribution in [0.25, 0.3) is 0 Å². The first-order valence-electron chi connectivity index (χ1n) is 13.7. The van der Waals surface area contributed by atoms with Crippen LogP contribution < -0.4 is 14.8 Å². The van der Waals surface area contributed by atoms with Crippen molar-refractivity contribution in [2.45, 2.75) is 94.2 Å². The van der Waals surface area contributed by atoms with E-state index in [2.05, 4.69) is 5.32 Å². The molecule has 220 valence electrons. The second-order valence-electron chi connectivity index (χ2n) is 11.6. The van der Waals surface area contributed by atoms with Gasteiger partial charge in [-0.25, -0.2) is 0 Å². The fourth-order valence-electron chi connectivity index (χ4n) is 3.11. The van der Waals surface area contributed by atoms with E-state index in [0.717, 1.165) is 0 Å². The Kier molecular flexibility index (Phi) is 13.1. The molecule has 3 unspecified atom stereocenters. The molecule has 1 rings (SSSR count). The third-order valence-electron chi connectivity index (χ3n) is 7.31. The Morgan fingerprint density at radius 2 is 1.38 bits per heavy atom. The maximum Gasteiger partial charge on any atom is 0.321 e. The van der Waals surface area contributed by atoms with Crippen LogP contribution >= 0.6 is 0 Å². The van der Waals surface area contributed by atoms with E-state index in [1.165, 1.54) is 12.1 Å². The molecule has 0 fully saturated rings. The molecule has 0 aliphatic carbocycles. The zero-order valence-corrected chi connectivity index (χ0v) is 25.1. The third-order valence-corrected chi connectivity index (χ3v) is 7.31. The van der Waals surface area contributed by atoms with Gasteiger partial charge in [0.05, 0.1) is 17.3 Å². The van der Waals surface area contributed by atoms with Gasteiger partial charge in [0, 0.05) is 6.54 Å². The quantitative estimate of drug-likeness (QED) is 0.228. The van der Waals surface area contributed by atoms with Crippen LogP contribution in [-0.2, 0) is 30.3 Å². The van der Waals surface area contributed by atoms with Crippen LogP contribution in [0, 0.1) is 29.1 Å². The molecule has 0 heterocycles. The highest BCUT2D eigenvalue weighted by Crippen LogP contribution is 2.32. The summed E-state index contributed by atoms with van der Waals surface area (Å²) >= 11 is 0. The molecule has 0 spiro atoms. The van der Waals surface area contributed by atoms with E-state index in [0.29, 0.717) is 12.0 Å². The van der Waals surface area contributed by atoms with Gasteiger partial charge in [0.1, 0.15) is 12.1 Å². The molecule has 9 nitrogen and oxygen atoms in total. The molecule has 0 saturated carbocycles. The minimum Gasteiger partial charge on any atom is -0.480 e. The molecule has 4 atom stereocenters. The summed E-state index contributed by atoms with van der Waals surface area (Å²) in [7, 11) is 0. The average molecular weight is 550 g/mol. The number of hydrogen-bond acceptors (Lipinski definition) is 8. The van der Waals surface area contributed by atoms with Gasteiger partial charge in [-0.2, -0.15) is 0 Å². The van der Waals surface area contributed by atoms with Crippen molar-refractivity contribution in [1.82, 2.24) is 5.32 Å². The van der Waals surface area contributed by atoms with E-state index in [-0.39, 0.29) is 48.2 Å². The second kappa shape index (κ2) is 15.0. The van der Waals surface area contributed by atoms with Crippen molar-refractivity contribution in [2.24, 2.45) is 29.1 Å². The van der Waals surface area contributed by atoms with E-state index < -0.39 is 41.4 Å². The maximum absolute atomic E-state index is 12.7. The number of carboxylic acid groups (broad SMARTS) is 1. The lowest BCUT2D eigenvalue weighted by molar-refractivity contribution is -0.158. The van der Waals surface area contributed by atoms with Gasteiger partial charge in [0.25, 0.3) is 0 Å². The molecule has 0 aromatic heterocycles. The zero-order chi connectivity index (χ0) is 30.1. The summed E-state index contributed by atoms with van der Waals surface area (Å²) in [6, 6.07) is 3.67. The van der Waals surface area contributed by atoms with Crippen LogP contribution in [0.1, 0.15) is 81.2 Å². The number of nitrogens with one attached hydrogen (secondary N) is 1. The minimum absolute atomic E-state index is 0.0345. The molecule has 0 aliphatic rings. The Morgan fingerprint density at radius 1 is 0.872 bits per heavy atom. The molecule has 0 amide bonds. The Balaban J connectivity index is 3.12. The van der Waals surface area contributed by atoms with E-state index in [1.807, 2.05) is 34.6 Å². The molecule has 39 heavy (non-hydrogen) atoms. The molecular weight excluding hydrogens is 502 g/mol. The topological polar surface area (TPSA) is 128 Å². The largest absolute Gasteiger partial charge is 0.480 e. The summed E-state index contributed by atoms with van der Waals surface area (Å²) in [5.41, 5.74) is -0.0668. The van der Waals surface area contributed by atoms with Crippen molar-refractivity contribution >= 4 is 23.9 Å². The van der Waals surface area contributed by atoms with E-state index in [1.54, 1.807) is 40.7 Å². The third kappa shape index (κ3) is 10.6. The van der Waals surface area contributed by atoms with Gasteiger partial charge in [-0.15, -0.1) is 0 Å². The van der Waals surface area contributed by atoms with Gasteiger partial charge >= 0.3 is 23.9 Å². The molecule has 1 aromatic rings. The summed E-state index contributed by atoms with van der Waals surface area (Å²) in [6.45, 7) is 18.5. The zero-order valence-electron chi connectivity index (χ0n) is 25.1. The highest BCUT2D eigenvalue weighted by Gasteiger charge is 2.29. The Bertz CT molecular complexity index is 1000. The number of esters is 3. The number of carbonyl (C=O) groups excluding carboxylic acids is 3. The normalized spacial score (nSPS) is 14.9. The number of carboxylic acids is 1. The lowest BCUT2D eigenvalue weighted by Crippen LogP contribution is -2.43. The molecule has 0 bridgehead atoms. The minimum atomic E-state index is -1.09. The summed E-state index contributed by atoms with van der Waals surface area (Å²) in [5, 5.41) is 12.7. The van der Waals surface area contributed by atoms with Crippen LogP contribution in [0.15, 0.2) is 18.2 Å². The van der Waals surface area contributed by atoms with Crippen LogP contribution in [0.4, 0.5) is 0 Å². The number of carbonyl (C=O) groups is 4. The van der Waals surface area contributed by atoms with Crippen LogP contribution in [-0.4, -0.2) is 47.7 Å².